The molecule has 2 unspecified atom stereocenters. The van der Waals surface area contributed by atoms with E-state index in [1.807, 2.05) is 30.3 Å². The van der Waals surface area contributed by atoms with Crippen molar-refractivity contribution in [1.82, 2.24) is 0 Å². The monoisotopic (exact) mass is 219 g/mol. The zero-order chi connectivity index (χ0) is 12.0. The highest BCUT2D eigenvalue weighted by atomic mass is 16.1. The molecule has 88 valence electrons. The minimum absolute atomic E-state index is 0.179. The predicted molar refractivity (Wildman–Crippen MR) is 67.2 cm³/mol. The molecule has 2 heteroatoms. The number of nitrogens with two attached hydrogens (primary N) is 1. The van der Waals surface area contributed by atoms with Crippen LogP contribution >= 0.6 is 0 Å². The summed E-state index contributed by atoms with van der Waals surface area (Å²) < 4.78 is 0. The summed E-state index contributed by atoms with van der Waals surface area (Å²) in [4.78, 5) is 11.8. The molecule has 0 spiro atoms. The van der Waals surface area contributed by atoms with Crippen molar-refractivity contribution in [2.24, 2.45) is 11.7 Å². The number of carbonyl (C=O) groups excluding carboxylic acids is 1. The number of benzene rings is 1. The van der Waals surface area contributed by atoms with Gasteiger partial charge in [0.05, 0.1) is 6.04 Å². The predicted octanol–water partition coefficient (Wildman–Crippen LogP) is 2.56. The molecule has 0 aliphatic rings. The van der Waals surface area contributed by atoms with Gasteiger partial charge in [-0.25, -0.2) is 0 Å². The van der Waals surface area contributed by atoms with E-state index in [-0.39, 0.29) is 11.8 Å². The van der Waals surface area contributed by atoms with Crippen LogP contribution in [0.2, 0.25) is 0 Å². The summed E-state index contributed by atoms with van der Waals surface area (Å²) in [6, 6.07) is 9.59. The van der Waals surface area contributed by atoms with Crippen LogP contribution in [0.5, 0.6) is 0 Å². The van der Waals surface area contributed by atoms with Gasteiger partial charge in [-0.2, -0.15) is 0 Å². The lowest BCUT2D eigenvalue weighted by Gasteiger charge is -2.13. The molecule has 0 heterocycles. The molecule has 2 atom stereocenters. The molecule has 0 aromatic heterocycles. The van der Waals surface area contributed by atoms with Crippen LogP contribution in [0.15, 0.2) is 30.3 Å². The van der Waals surface area contributed by atoms with Crippen LogP contribution in [0.25, 0.3) is 0 Å². The van der Waals surface area contributed by atoms with E-state index in [2.05, 4.69) is 13.8 Å². The van der Waals surface area contributed by atoms with E-state index < -0.39 is 0 Å². The molecule has 1 aromatic carbocycles. The Hall–Kier alpha value is -1.15. The second-order valence-electron chi connectivity index (χ2n) is 4.48. The molecule has 0 radical (unpaired) electrons. The molecule has 2 nitrogen and oxygen atoms in total. The first-order valence-electron chi connectivity index (χ1n) is 5.95. The Labute approximate surface area is 97.9 Å². The van der Waals surface area contributed by atoms with E-state index in [1.54, 1.807) is 0 Å². The zero-order valence-electron chi connectivity index (χ0n) is 10.1. The summed E-state index contributed by atoms with van der Waals surface area (Å²) in [6.07, 6.45) is 2.28. The summed E-state index contributed by atoms with van der Waals surface area (Å²) in [6.45, 7) is 4.19. The van der Waals surface area contributed by atoms with E-state index in [0.29, 0.717) is 18.8 Å². The van der Waals surface area contributed by atoms with Crippen LogP contribution in [-0.2, 0) is 11.2 Å². The lowest BCUT2D eigenvalue weighted by Crippen LogP contribution is -2.33. The average Bonchev–Trinajstić information content (AvgIpc) is 2.30. The summed E-state index contributed by atoms with van der Waals surface area (Å²) in [5, 5.41) is 0. The van der Waals surface area contributed by atoms with Gasteiger partial charge in [-0.05, 0) is 17.9 Å². The summed E-state index contributed by atoms with van der Waals surface area (Å²) in [7, 11) is 0. The van der Waals surface area contributed by atoms with Crippen molar-refractivity contribution in [3.05, 3.63) is 35.9 Å². The lowest BCUT2D eigenvalue weighted by molar-refractivity contribution is -0.121. The van der Waals surface area contributed by atoms with E-state index in [4.69, 9.17) is 5.73 Å². The van der Waals surface area contributed by atoms with E-state index >= 15 is 0 Å². The molecule has 1 rings (SSSR count). The molecule has 0 saturated carbocycles. The Morgan fingerprint density at radius 2 is 1.94 bits per heavy atom. The third-order valence-electron chi connectivity index (χ3n) is 2.96. The zero-order valence-corrected chi connectivity index (χ0v) is 10.1. The van der Waals surface area contributed by atoms with E-state index in [1.165, 1.54) is 0 Å². The average molecular weight is 219 g/mol. The molecule has 0 aliphatic heterocycles. The van der Waals surface area contributed by atoms with Gasteiger partial charge in [0, 0.05) is 6.42 Å². The number of rotatable bonds is 6. The van der Waals surface area contributed by atoms with Gasteiger partial charge in [-0.3, -0.25) is 4.79 Å². The highest BCUT2D eigenvalue weighted by Gasteiger charge is 2.16. The van der Waals surface area contributed by atoms with Crippen LogP contribution in [0.1, 0.15) is 32.3 Å². The first-order chi connectivity index (χ1) is 7.63. The first kappa shape index (κ1) is 12.9. The number of Topliss-reactive ketones (excluding diaryl/α,β-unsaturated/α-hetero) is 1. The maximum atomic E-state index is 11.8. The van der Waals surface area contributed by atoms with Crippen molar-refractivity contribution >= 4 is 5.78 Å². The molecule has 2 N–H and O–H groups in total. The van der Waals surface area contributed by atoms with Gasteiger partial charge in [0.15, 0.2) is 0 Å². The fraction of sp³-hybridized carbons (Fsp3) is 0.500. The van der Waals surface area contributed by atoms with Crippen molar-refractivity contribution in [2.45, 2.75) is 39.2 Å². The highest BCUT2D eigenvalue weighted by Crippen LogP contribution is 2.10. The highest BCUT2D eigenvalue weighted by molar-refractivity contribution is 5.84. The van der Waals surface area contributed by atoms with Crippen LogP contribution < -0.4 is 5.73 Å². The SMILES string of the molecule is CCC(C)CC(=O)C(N)Cc1ccccc1. The summed E-state index contributed by atoms with van der Waals surface area (Å²) in [5.74, 6) is 0.618. The number of hydrogen-bond donors (Lipinski definition) is 1. The number of hydrogen-bond acceptors (Lipinski definition) is 2. The van der Waals surface area contributed by atoms with Gasteiger partial charge in [0.25, 0.3) is 0 Å². The first-order valence-corrected chi connectivity index (χ1v) is 5.95. The summed E-state index contributed by atoms with van der Waals surface area (Å²) >= 11 is 0. The van der Waals surface area contributed by atoms with Gasteiger partial charge in [0.1, 0.15) is 5.78 Å². The Balaban J connectivity index is 2.46. The standard InChI is InChI=1S/C14H21NO/c1-3-11(2)9-14(16)13(15)10-12-7-5-4-6-8-12/h4-8,11,13H,3,9-10,15H2,1-2H3. The normalized spacial score (nSPS) is 14.4. The van der Waals surface area contributed by atoms with Crippen molar-refractivity contribution in [2.75, 3.05) is 0 Å². The van der Waals surface area contributed by atoms with Crippen molar-refractivity contribution in [3.63, 3.8) is 0 Å². The molecule has 16 heavy (non-hydrogen) atoms. The Bertz CT molecular complexity index is 321. The molecule has 0 bridgehead atoms. The molecular weight excluding hydrogens is 198 g/mol. The van der Waals surface area contributed by atoms with Gasteiger partial charge in [-0.15, -0.1) is 0 Å². The molecule has 0 saturated heterocycles. The Morgan fingerprint density at radius 3 is 2.50 bits per heavy atom. The fourth-order valence-corrected chi connectivity index (χ4v) is 1.62. The van der Waals surface area contributed by atoms with Crippen molar-refractivity contribution < 1.29 is 4.79 Å². The van der Waals surface area contributed by atoms with Crippen molar-refractivity contribution in [1.29, 1.82) is 0 Å². The molecule has 1 aromatic rings. The van der Waals surface area contributed by atoms with Crippen LogP contribution in [0.3, 0.4) is 0 Å². The van der Waals surface area contributed by atoms with Gasteiger partial charge < -0.3 is 5.73 Å². The van der Waals surface area contributed by atoms with Gasteiger partial charge in [-0.1, -0.05) is 50.6 Å². The summed E-state index contributed by atoms with van der Waals surface area (Å²) in [5.41, 5.74) is 7.03. The lowest BCUT2D eigenvalue weighted by atomic mass is 9.95. The number of ketones is 1. The topological polar surface area (TPSA) is 43.1 Å². The Morgan fingerprint density at radius 1 is 1.31 bits per heavy atom. The third-order valence-corrected chi connectivity index (χ3v) is 2.96. The quantitative estimate of drug-likeness (QED) is 0.799. The maximum absolute atomic E-state index is 11.8. The molecule has 0 fully saturated rings. The molecule has 0 amide bonds. The van der Waals surface area contributed by atoms with Crippen LogP contribution in [0.4, 0.5) is 0 Å². The third kappa shape index (κ3) is 4.15. The van der Waals surface area contributed by atoms with Crippen LogP contribution in [0, 0.1) is 5.92 Å². The maximum Gasteiger partial charge on any atom is 0.150 e. The van der Waals surface area contributed by atoms with Crippen LogP contribution in [-0.4, -0.2) is 11.8 Å². The minimum atomic E-state index is -0.351. The smallest absolute Gasteiger partial charge is 0.150 e. The van der Waals surface area contributed by atoms with Gasteiger partial charge >= 0.3 is 0 Å². The second-order valence-corrected chi connectivity index (χ2v) is 4.48. The second kappa shape index (κ2) is 6.44. The fourth-order valence-electron chi connectivity index (χ4n) is 1.62. The largest absolute Gasteiger partial charge is 0.321 e. The molecular formula is C14H21NO. The van der Waals surface area contributed by atoms with Crippen molar-refractivity contribution in [3.8, 4) is 0 Å². The van der Waals surface area contributed by atoms with E-state index in [0.717, 1.165) is 12.0 Å². The van der Waals surface area contributed by atoms with Gasteiger partial charge in [0.2, 0.25) is 0 Å². The number of carbonyl (C=O) groups is 1. The molecule has 0 aliphatic carbocycles. The van der Waals surface area contributed by atoms with E-state index in [9.17, 15) is 4.79 Å². The minimum Gasteiger partial charge on any atom is -0.321 e. The Kier molecular flexibility index (Phi) is 5.20.